The Kier molecular flexibility index (Phi) is 5.64. The third kappa shape index (κ3) is 3.77. The molecule has 1 amide bonds. The Morgan fingerprint density at radius 3 is 2.60 bits per heavy atom. The molecule has 6 heteroatoms. The first-order valence-corrected chi connectivity index (χ1v) is 6.74. The van der Waals surface area contributed by atoms with Crippen LogP contribution in [0.3, 0.4) is 0 Å². The molecule has 1 unspecified atom stereocenters. The molecular weight excluding hydrogens is 258 g/mol. The van der Waals surface area contributed by atoms with Gasteiger partial charge in [-0.2, -0.15) is 0 Å². The minimum absolute atomic E-state index is 0.0161. The van der Waals surface area contributed by atoms with E-state index in [-0.39, 0.29) is 17.5 Å². The molecule has 0 heterocycles. The quantitative estimate of drug-likeness (QED) is 0.617. The summed E-state index contributed by atoms with van der Waals surface area (Å²) >= 11 is 0. The predicted molar refractivity (Wildman–Crippen MR) is 78.5 cm³/mol. The van der Waals surface area contributed by atoms with Crippen molar-refractivity contribution in [3.05, 3.63) is 33.9 Å². The Hall–Kier alpha value is -1.95. The van der Waals surface area contributed by atoms with E-state index in [2.05, 4.69) is 5.32 Å². The molecule has 0 radical (unpaired) electrons. The fraction of sp³-hybridized carbons (Fsp3) is 0.500. The van der Waals surface area contributed by atoms with Gasteiger partial charge in [-0.15, -0.1) is 0 Å². The molecule has 0 saturated carbocycles. The first kappa shape index (κ1) is 16.1. The van der Waals surface area contributed by atoms with Crippen molar-refractivity contribution in [2.75, 3.05) is 5.32 Å². The third-order valence-corrected chi connectivity index (χ3v) is 3.49. The lowest BCUT2D eigenvalue weighted by molar-refractivity contribution is -0.385. The number of nitro benzene ring substituents is 1. The topological polar surface area (TPSA) is 98.3 Å². The van der Waals surface area contributed by atoms with Gasteiger partial charge in [-0.3, -0.25) is 14.9 Å². The van der Waals surface area contributed by atoms with Gasteiger partial charge in [0.15, 0.2) is 0 Å². The molecule has 1 rings (SSSR count). The number of nitro groups is 1. The number of aryl methyl sites for hydroxylation is 1. The molecule has 0 spiro atoms. The molecule has 3 N–H and O–H groups in total. The van der Waals surface area contributed by atoms with Crippen molar-refractivity contribution in [1.82, 2.24) is 0 Å². The maximum Gasteiger partial charge on any atom is 0.274 e. The zero-order valence-corrected chi connectivity index (χ0v) is 12.1. The van der Waals surface area contributed by atoms with Crippen LogP contribution in [0, 0.1) is 16.0 Å². The van der Waals surface area contributed by atoms with Crippen LogP contribution in [0.15, 0.2) is 18.2 Å². The lowest BCUT2D eigenvalue weighted by Crippen LogP contribution is -2.40. The Bertz CT molecular complexity index is 502. The van der Waals surface area contributed by atoms with E-state index in [0.717, 1.165) is 6.42 Å². The summed E-state index contributed by atoms with van der Waals surface area (Å²) in [5.41, 5.74) is 6.88. The van der Waals surface area contributed by atoms with Crippen molar-refractivity contribution in [3.8, 4) is 0 Å². The Labute approximate surface area is 118 Å². The highest BCUT2D eigenvalue weighted by atomic mass is 16.6. The SMILES string of the molecule is CCc1ccc(NC(=O)[C@@H](N)C(C)CC)cc1[N+](=O)[O-]. The molecule has 6 nitrogen and oxygen atoms in total. The Morgan fingerprint density at radius 1 is 1.45 bits per heavy atom. The molecular formula is C14H21N3O3. The highest BCUT2D eigenvalue weighted by molar-refractivity contribution is 5.95. The average Bonchev–Trinajstić information content (AvgIpc) is 2.45. The predicted octanol–water partition coefficient (Wildman–Crippen LogP) is 2.47. The van der Waals surface area contributed by atoms with Crippen LogP contribution in [-0.4, -0.2) is 16.9 Å². The monoisotopic (exact) mass is 279 g/mol. The van der Waals surface area contributed by atoms with E-state index in [1.165, 1.54) is 6.07 Å². The summed E-state index contributed by atoms with van der Waals surface area (Å²) in [5, 5.41) is 13.6. The van der Waals surface area contributed by atoms with Gasteiger partial charge in [-0.25, -0.2) is 0 Å². The molecule has 0 saturated heterocycles. The number of nitrogens with two attached hydrogens (primary N) is 1. The molecule has 0 fully saturated rings. The van der Waals surface area contributed by atoms with Crippen LogP contribution in [0.2, 0.25) is 0 Å². The van der Waals surface area contributed by atoms with Crippen LogP contribution in [0.1, 0.15) is 32.8 Å². The number of carbonyl (C=O) groups is 1. The van der Waals surface area contributed by atoms with Crippen molar-refractivity contribution in [1.29, 1.82) is 0 Å². The first-order valence-electron chi connectivity index (χ1n) is 6.74. The van der Waals surface area contributed by atoms with Gasteiger partial charge in [-0.1, -0.05) is 33.3 Å². The second-order valence-electron chi connectivity index (χ2n) is 4.85. The molecule has 0 bridgehead atoms. The van der Waals surface area contributed by atoms with Gasteiger partial charge in [0.05, 0.1) is 11.0 Å². The number of nitrogens with zero attached hydrogens (tertiary/aromatic N) is 1. The minimum atomic E-state index is -0.620. The highest BCUT2D eigenvalue weighted by Gasteiger charge is 2.20. The highest BCUT2D eigenvalue weighted by Crippen LogP contribution is 2.24. The third-order valence-electron chi connectivity index (χ3n) is 3.49. The van der Waals surface area contributed by atoms with Crippen molar-refractivity contribution >= 4 is 17.3 Å². The zero-order chi connectivity index (χ0) is 15.3. The summed E-state index contributed by atoms with van der Waals surface area (Å²) in [5.74, 6) is -0.266. The molecule has 0 aliphatic rings. The van der Waals surface area contributed by atoms with E-state index in [1.54, 1.807) is 12.1 Å². The number of nitrogens with one attached hydrogen (secondary N) is 1. The van der Waals surface area contributed by atoms with E-state index in [4.69, 9.17) is 5.73 Å². The minimum Gasteiger partial charge on any atom is -0.324 e. The Balaban J connectivity index is 2.91. The van der Waals surface area contributed by atoms with Gasteiger partial charge in [0.2, 0.25) is 5.91 Å². The van der Waals surface area contributed by atoms with Crippen molar-refractivity contribution in [2.24, 2.45) is 11.7 Å². The van der Waals surface area contributed by atoms with Gasteiger partial charge in [0.25, 0.3) is 5.69 Å². The largest absolute Gasteiger partial charge is 0.324 e. The van der Waals surface area contributed by atoms with Crippen molar-refractivity contribution in [3.63, 3.8) is 0 Å². The van der Waals surface area contributed by atoms with Crippen LogP contribution < -0.4 is 11.1 Å². The fourth-order valence-electron chi connectivity index (χ4n) is 1.85. The normalized spacial score (nSPS) is 13.6. The molecule has 0 aromatic heterocycles. The number of rotatable bonds is 6. The van der Waals surface area contributed by atoms with E-state index in [1.807, 2.05) is 20.8 Å². The number of anilines is 1. The van der Waals surface area contributed by atoms with Crippen LogP contribution >= 0.6 is 0 Å². The van der Waals surface area contributed by atoms with Gasteiger partial charge in [0, 0.05) is 17.3 Å². The number of benzene rings is 1. The van der Waals surface area contributed by atoms with Gasteiger partial charge >= 0.3 is 0 Å². The molecule has 110 valence electrons. The lowest BCUT2D eigenvalue weighted by Gasteiger charge is -2.17. The van der Waals surface area contributed by atoms with Gasteiger partial charge < -0.3 is 11.1 Å². The van der Waals surface area contributed by atoms with Gasteiger partial charge in [0.1, 0.15) is 0 Å². The summed E-state index contributed by atoms with van der Waals surface area (Å²) in [6, 6.07) is 4.07. The summed E-state index contributed by atoms with van der Waals surface area (Å²) in [4.78, 5) is 22.5. The standard InChI is InChI=1S/C14H21N3O3/c1-4-9(3)13(15)14(18)16-11-7-6-10(5-2)12(8-11)17(19)20/h6-9,13H,4-5,15H2,1-3H3,(H,16,18)/t9?,13-/m0/s1. The van der Waals surface area contributed by atoms with Crippen LogP contribution in [0.5, 0.6) is 0 Å². The number of amides is 1. The number of carbonyl (C=O) groups excluding carboxylic acids is 1. The van der Waals surface area contributed by atoms with Crippen molar-refractivity contribution < 1.29 is 9.72 Å². The zero-order valence-electron chi connectivity index (χ0n) is 12.1. The van der Waals surface area contributed by atoms with E-state index >= 15 is 0 Å². The molecule has 20 heavy (non-hydrogen) atoms. The van der Waals surface area contributed by atoms with Crippen LogP contribution in [-0.2, 0) is 11.2 Å². The number of hydrogen-bond acceptors (Lipinski definition) is 4. The van der Waals surface area contributed by atoms with E-state index in [0.29, 0.717) is 17.7 Å². The molecule has 0 aliphatic heterocycles. The van der Waals surface area contributed by atoms with Crippen LogP contribution in [0.4, 0.5) is 11.4 Å². The first-order chi connectivity index (χ1) is 9.40. The van der Waals surface area contributed by atoms with E-state index in [9.17, 15) is 14.9 Å². The molecule has 0 aliphatic carbocycles. The maximum atomic E-state index is 11.9. The van der Waals surface area contributed by atoms with Gasteiger partial charge in [-0.05, 0) is 18.4 Å². The average molecular weight is 279 g/mol. The maximum absolute atomic E-state index is 11.9. The summed E-state index contributed by atoms with van der Waals surface area (Å²) < 4.78 is 0. The summed E-state index contributed by atoms with van der Waals surface area (Å²) in [6.07, 6.45) is 1.36. The lowest BCUT2D eigenvalue weighted by atomic mass is 9.99. The smallest absolute Gasteiger partial charge is 0.274 e. The Morgan fingerprint density at radius 2 is 2.10 bits per heavy atom. The number of hydrogen-bond donors (Lipinski definition) is 2. The van der Waals surface area contributed by atoms with E-state index < -0.39 is 11.0 Å². The second-order valence-corrected chi connectivity index (χ2v) is 4.85. The van der Waals surface area contributed by atoms with Crippen LogP contribution in [0.25, 0.3) is 0 Å². The molecule has 1 aromatic carbocycles. The second kappa shape index (κ2) is 7.00. The molecule has 2 atom stereocenters. The van der Waals surface area contributed by atoms with Crippen molar-refractivity contribution in [2.45, 2.75) is 39.7 Å². The molecule has 1 aromatic rings. The summed E-state index contributed by atoms with van der Waals surface area (Å²) in [7, 11) is 0. The fourth-order valence-corrected chi connectivity index (χ4v) is 1.85. The summed E-state index contributed by atoms with van der Waals surface area (Å²) in [6.45, 7) is 5.70.